The van der Waals surface area contributed by atoms with Crippen LogP contribution < -0.4 is 0 Å². The minimum Gasteiger partial charge on any atom is -0.126 e. The maximum absolute atomic E-state index is 5.79. The van der Waals surface area contributed by atoms with Gasteiger partial charge < -0.3 is 0 Å². The lowest BCUT2D eigenvalue weighted by Gasteiger charge is -2.06. The quantitative estimate of drug-likeness (QED) is 0.330. The molecule has 0 saturated carbocycles. The van der Waals surface area contributed by atoms with Crippen molar-refractivity contribution in [2.75, 3.05) is 0 Å². The maximum atomic E-state index is 5.79. The van der Waals surface area contributed by atoms with E-state index in [1.54, 1.807) is 0 Å². The Morgan fingerprint density at radius 2 is 1.36 bits per heavy atom. The van der Waals surface area contributed by atoms with Crippen LogP contribution in [0.3, 0.4) is 0 Å². The second-order valence-corrected chi connectivity index (χ2v) is 14.8. The molecular weight excluding hydrogens is 271 g/mol. The van der Waals surface area contributed by atoms with Gasteiger partial charge in [0.05, 0.1) is 0 Å². The van der Waals surface area contributed by atoms with Gasteiger partial charge >= 0.3 is 6.00 Å². The lowest BCUT2D eigenvalue weighted by atomic mass is 10.1. The number of unbranched alkanes of at least 4 members (excludes halogenated alkanes) is 5. The summed E-state index contributed by atoms with van der Waals surface area (Å²) >= 11 is 17.4. The van der Waals surface area contributed by atoms with Crippen LogP contribution in [0.5, 0.6) is 0 Å². The predicted octanol–water partition coefficient (Wildman–Crippen LogP) is 4.62. The van der Waals surface area contributed by atoms with Crippen LogP contribution in [0.15, 0.2) is 0 Å². The first-order valence-electron chi connectivity index (χ1n) is 5.63. The minimum atomic E-state index is -2.32. The van der Waals surface area contributed by atoms with E-state index in [-0.39, 0.29) is 0 Å². The summed E-state index contributed by atoms with van der Waals surface area (Å²) in [5, 5.41) is 0. The SMILES string of the molecule is C[SiH2]CCCCCCCC[Si](Cl)(Cl)Cl. The molecule has 0 rings (SSSR count). The van der Waals surface area contributed by atoms with Gasteiger partial charge in [0.15, 0.2) is 0 Å². The summed E-state index contributed by atoms with van der Waals surface area (Å²) in [5.41, 5.74) is 0. The molecule has 0 spiro atoms. The van der Waals surface area contributed by atoms with Gasteiger partial charge in [-0.3, -0.25) is 0 Å². The van der Waals surface area contributed by atoms with E-state index in [9.17, 15) is 0 Å². The van der Waals surface area contributed by atoms with Gasteiger partial charge in [0.2, 0.25) is 0 Å². The molecule has 0 aromatic heterocycles. The molecule has 0 radical (unpaired) electrons. The highest BCUT2D eigenvalue weighted by molar-refractivity contribution is 7.64. The van der Waals surface area contributed by atoms with Crippen LogP contribution in [0.4, 0.5) is 0 Å². The van der Waals surface area contributed by atoms with Crippen molar-refractivity contribution < 1.29 is 0 Å². The molecule has 5 heteroatoms. The van der Waals surface area contributed by atoms with E-state index in [0.29, 0.717) is 9.52 Å². The number of hydrogen-bond acceptors (Lipinski definition) is 0. The van der Waals surface area contributed by atoms with Crippen molar-refractivity contribution in [3.63, 3.8) is 0 Å². The molecule has 0 aliphatic carbocycles. The lowest BCUT2D eigenvalue weighted by molar-refractivity contribution is 0.623. The summed E-state index contributed by atoms with van der Waals surface area (Å²) in [7, 11) is 0.305. The van der Waals surface area contributed by atoms with Crippen LogP contribution in [0.25, 0.3) is 0 Å². The van der Waals surface area contributed by atoms with Gasteiger partial charge in [0.1, 0.15) is 0 Å². The fourth-order valence-electron chi connectivity index (χ4n) is 1.46. The molecule has 0 aromatic carbocycles. The Hall–Kier alpha value is 1.30. The molecule has 0 aromatic rings. The zero-order chi connectivity index (χ0) is 10.9. The van der Waals surface area contributed by atoms with Gasteiger partial charge in [-0.2, -0.15) is 0 Å². The minimum absolute atomic E-state index is 0.305. The third-order valence-corrected chi connectivity index (χ3v) is 6.14. The van der Waals surface area contributed by atoms with Gasteiger partial charge in [0, 0.05) is 9.52 Å². The highest BCUT2D eigenvalue weighted by Gasteiger charge is 2.23. The summed E-state index contributed by atoms with van der Waals surface area (Å²) in [6.07, 6.45) is 7.89. The van der Waals surface area contributed by atoms with Crippen molar-refractivity contribution >= 4 is 48.8 Å². The fourth-order valence-corrected chi connectivity index (χ4v) is 4.17. The molecule has 86 valence electrons. The van der Waals surface area contributed by atoms with Crippen LogP contribution in [-0.4, -0.2) is 15.5 Å². The van der Waals surface area contributed by atoms with E-state index < -0.39 is 6.00 Å². The Morgan fingerprint density at radius 3 is 1.86 bits per heavy atom. The molecule has 0 aliphatic heterocycles. The van der Waals surface area contributed by atoms with E-state index in [0.717, 1.165) is 12.5 Å². The smallest absolute Gasteiger partial charge is 0.126 e. The first-order chi connectivity index (χ1) is 6.56. The van der Waals surface area contributed by atoms with Crippen LogP contribution in [0.2, 0.25) is 18.6 Å². The van der Waals surface area contributed by atoms with E-state index in [1.807, 2.05) is 0 Å². The van der Waals surface area contributed by atoms with Gasteiger partial charge in [-0.05, 0) is 6.04 Å². The molecule has 0 N–H and O–H groups in total. The van der Waals surface area contributed by atoms with Gasteiger partial charge in [0.25, 0.3) is 0 Å². The summed E-state index contributed by atoms with van der Waals surface area (Å²) in [5.74, 6) is 0. The molecule has 0 fully saturated rings. The van der Waals surface area contributed by atoms with Crippen LogP contribution in [-0.2, 0) is 0 Å². The van der Waals surface area contributed by atoms with E-state index in [4.69, 9.17) is 33.2 Å². The second kappa shape index (κ2) is 9.52. The topological polar surface area (TPSA) is 0 Å². The molecule has 0 unspecified atom stereocenters. The summed E-state index contributed by atoms with van der Waals surface area (Å²) in [4.78, 5) is 0. The zero-order valence-corrected chi connectivity index (χ0v) is 13.7. The van der Waals surface area contributed by atoms with Crippen molar-refractivity contribution in [2.24, 2.45) is 0 Å². The molecule has 0 atom stereocenters. The number of rotatable bonds is 9. The maximum Gasteiger partial charge on any atom is 0.341 e. The summed E-state index contributed by atoms with van der Waals surface area (Å²) in [6, 6.07) is 0.0317. The van der Waals surface area contributed by atoms with E-state index in [2.05, 4.69) is 6.55 Å². The Balaban J connectivity index is 2.99. The summed E-state index contributed by atoms with van der Waals surface area (Å²) < 4.78 is 0. The third kappa shape index (κ3) is 13.3. The van der Waals surface area contributed by atoms with Crippen molar-refractivity contribution in [1.82, 2.24) is 0 Å². The van der Waals surface area contributed by atoms with Crippen LogP contribution in [0, 0.1) is 0 Å². The first kappa shape index (κ1) is 15.3. The predicted molar refractivity (Wildman–Crippen MR) is 75.0 cm³/mol. The Kier molecular flexibility index (Phi) is 10.4. The Labute approximate surface area is 106 Å². The van der Waals surface area contributed by atoms with E-state index >= 15 is 0 Å². The number of halogens is 3. The molecule has 14 heavy (non-hydrogen) atoms. The Bertz CT molecular complexity index is 126. The largest absolute Gasteiger partial charge is 0.341 e. The normalized spacial score (nSPS) is 12.9. The molecular formula is C9H21Cl3Si2. The van der Waals surface area contributed by atoms with Crippen molar-refractivity contribution in [3.05, 3.63) is 0 Å². The Morgan fingerprint density at radius 1 is 0.857 bits per heavy atom. The molecule has 0 bridgehead atoms. The highest BCUT2D eigenvalue weighted by Crippen LogP contribution is 2.27. The van der Waals surface area contributed by atoms with Crippen molar-refractivity contribution in [1.29, 1.82) is 0 Å². The standard InChI is InChI=1S/C9H21Cl3Si2/c1-13-8-6-4-2-3-5-7-9-14(10,11)12/h2-9,13H2,1H3. The van der Waals surface area contributed by atoms with Gasteiger partial charge in [-0.1, -0.05) is 51.1 Å². The molecule has 0 heterocycles. The van der Waals surface area contributed by atoms with Crippen molar-refractivity contribution in [2.45, 2.75) is 57.2 Å². The molecule has 0 aliphatic rings. The molecule has 0 saturated heterocycles. The monoisotopic (exact) mass is 290 g/mol. The lowest BCUT2D eigenvalue weighted by Crippen LogP contribution is -2.07. The summed E-state index contributed by atoms with van der Waals surface area (Å²) in [6.45, 7) is 2.38. The second-order valence-electron chi connectivity index (χ2n) is 3.84. The van der Waals surface area contributed by atoms with Gasteiger partial charge in [-0.25, -0.2) is 0 Å². The van der Waals surface area contributed by atoms with Crippen LogP contribution in [0.1, 0.15) is 38.5 Å². The molecule has 0 amide bonds. The average Bonchev–Trinajstić information content (AvgIpc) is 2.08. The fraction of sp³-hybridized carbons (Fsp3) is 1.00. The zero-order valence-electron chi connectivity index (χ0n) is 9.00. The first-order valence-corrected chi connectivity index (χ1v) is 13.3. The van der Waals surface area contributed by atoms with Gasteiger partial charge in [-0.15, -0.1) is 33.2 Å². The highest BCUT2D eigenvalue weighted by atomic mass is 35.8. The van der Waals surface area contributed by atoms with E-state index in [1.165, 1.54) is 38.1 Å². The van der Waals surface area contributed by atoms with Crippen molar-refractivity contribution in [3.8, 4) is 0 Å². The third-order valence-electron chi connectivity index (χ3n) is 2.31. The molecule has 0 nitrogen and oxygen atoms in total. The number of hydrogen-bond donors (Lipinski definition) is 0. The van der Waals surface area contributed by atoms with Crippen LogP contribution >= 0.6 is 33.2 Å². The average molecular weight is 292 g/mol.